The van der Waals surface area contributed by atoms with E-state index in [1.807, 2.05) is 0 Å². The fraction of sp³-hybridized carbons (Fsp3) is 0.857. The van der Waals surface area contributed by atoms with Gasteiger partial charge in [-0.15, -0.1) is 0 Å². The summed E-state index contributed by atoms with van der Waals surface area (Å²) in [6.45, 7) is 10.5. The molecule has 122 valence electrons. The van der Waals surface area contributed by atoms with Gasteiger partial charge in [-0.1, -0.05) is 0 Å². The summed E-state index contributed by atoms with van der Waals surface area (Å²) < 4.78 is 10.3. The van der Waals surface area contributed by atoms with Crippen molar-refractivity contribution < 1.29 is 19.1 Å². The molecule has 1 fully saturated rings. The molecule has 2 N–H and O–H groups in total. The molecule has 0 unspecified atom stereocenters. The minimum atomic E-state index is -0.523. The van der Waals surface area contributed by atoms with Crippen LogP contribution in [0.2, 0.25) is 0 Å². The van der Waals surface area contributed by atoms with Crippen LogP contribution in [0.15, 0.2) is 0 Å². The summed E-state index contributed by atoms with van der Waals surface area (Å²) in [4.78, 5) is 25.2. The topological polar surface area (TPSA) is 79.9 Å². The molecule has 1 aliphatic rings. The van der Waals surface area contributed by atoms with E-state index in [1.165, 1.54) is 0 Å². The summed E-state index contributed by atoms with van der Waals surface area (Å²) in [6, 6.07) is 0. The Kier molecular flexibility index (Phi) is 7.45. The lowest BCUT2D eigenvalue weighted by atomic mass is 10.2. The number of alkyl carbamates (subject to hydrolysis) is 1. The van der Waals surface area contributed by atoms with Gasteiger partial charge in [0, 0.05) is 39.1 Å². The number of carbonyl (C=O) groups is 2. The number of hydrogen-bond acceptors (Lipinski definition) is 5. The van der Waals surface area contributed by atoms with E-state index in [4.69, 9.17) is 9.47 Å². The highest BCUT2D eigenvalue weighted by Crippen LogP contribution is 2.06. The lowest BCUT2D eigenvalue weighted by Crippen LogP contribution is -2.41. The minimum absolute atomic E-state index is 0.0701. The molecule has 7 nitrogen and oxygen atoms in total. The SMILES string of the molecule is CC(C)(C)OC(=O)NCCC(=O)NCCN1CCOCC1. The number of rotatable bonds is 6. The average molecular weight is 301 g/mol. The summed E-state index contributed by atoms with van der Waals surface area (Å²) in [5.74, 6) is -0.0701. The largest absolute Gasteiger partial charge is 0.444 e. The number of morpholine rings is 1. The molecule has 0 saturated carbocycles. The van der Waals surface area contributed by atoms with Crippen LogP contribution in [0.1, 0.15) is 27.2 Å². The molecule has 7 heteroatoms. The molecule has 0 aromatic rings. The van der Waals surface area contributed by atoms with Gasteiger partial charge in [0.25, 0.3) is 0 Å². The van der Waals surface area contributed by atoms with Crippen molar-refractivity contribution in [3.05, 3.63) is 0 Å². The monoisotopic (exact) mass is 301 g/mol. The predicted octanol–water partition coefficient (Wildman–Crippen LogP) is 0.350. The number of hydrogen-bond donors (Lipinski definition) is 2. The first-order valence-electron chi connectivity index (χ1n) is 7.40. The molecule has 1 heterocycles. The van der Waals surface area contributed by atoms with Gasteiger partial charge < -0.3 is 20.1 Å². The van der Waals surface area contributed by atoms with Gasteiger partial charge in [-0.25, -0.2) is 4.79 Å². The summed E-state index contributed by atoms with van der Waals surface area (Å²) in [5, 5.41) is 5.40. The van der Waals surface area contributed by atoms with Gasteiger partial charge in [-0.3, -0.25) is 9.69 Å². The average Bonchev–Trinajstić information content (AvgIpc) is 2.38. The Balaban J connectivity index is 2.02. The third kappa shape index (κ3) is 9.25. The third-order valence-corrected chi connectivity index (χ3v) is 2.87. The minimum Gasteiger partial charge on any atom is -0.444 e. The Morgan fingerprint density at radius 1 is 1.14 bits per heavy atom. The molecule has 1 rings (SSSR count). The Bertz CT molecular complexity index is 336. The van der Waals surface area contributed by atoms with Crippen LogP contribution in [0.5, 0.6) is 0 Å². The number of carbonyl (C=O) groups excluding carboxylic acids is 2. The van der Waals surface area contributed by atoms with Crippen molar-refractivity contribution >= 4 is 12.0 Å². The molecule has 21 heavy (non-hydrogen) atoms. The van der Waals surface area contributed by atoms with Gasteiger partial charge >= 0.3 is 6.09 Å². The molecule has 0 spiro atoms. The predicted molar refractivity (Wildman–Crippen MR) is 79.1 cm³/mol. The normalized spacial score (nSPS) is 16.3. The second-order valence-electron chi connectivity index (χ2n) is 5.98. The van der Waals surface area contributed by atoms with Gasteiger partial charge in [-0.2, -0.15) is 0 Å². The molecule has 1 aliphatic heterocycles. The van der Waals surface area contributed by atoms with Crippen molar-refractivity contribution in [3.63, 3.8) is 0 Å². The lowest BCUT2D eigenvalue weighted by Gasteiger charge is -2.26. The van der Waals surface area contributed by atoms with Crippen molar-refractivity contribution in [1.82, 2.24) is 15.5 Å². The van der Waals surface area contributed by atoms with Crippen LogP contribution in [-0.2, 0) is 14.3 Å². The Hall–Kier alpha value is -1.34. The summed E-state index contributed by atoms with van der Waals surface area (Å²) in [6.07, 6.45) is -0.244. The molecule has 0 aromatic carbocycles. The van der Waals surface area contributed by atoms with Crippen LogP contribution >= 0.6 is 0 Å². The molecule has 2 amide bonds. The van der Waals surface area contributed by atoms with Crippen LogP contribution in [0.3, 0.4) is 0 Å². The zero-order valence-electron chi connectivity index (χ0n) is 13.2. The van der Waals surface area contributed by atoms with E-state index in [0.717, 1.165) is 32.8 Å². The van der Waals surface area contributed by atoms with E-state index in [0.29, 0.717) is 6.54 Å². The standard InChI is InChI=1S/C14H27N3O4/c1-14(2,3)21-13(19)16-5-4-12(18)15-6-7-17-8-10-20-11-9-17/h4-11H2,1-3H3,(H,15,18)(H,16,19). The lowest BCUT2D eigenvalue weighted by molar-refractivity contribution is -0.121. The zero-order chi connectivity index (χ0) is 15.7. The first-order chi connectivity index (χ1) is 9.87. The third-order valence-electron chi connectivity index (χ3n) is 2.87. The molecule has 0 radical (unpaired) electrons. The molecular weight excluding hydrogens is 274 g/mol. The maximum atomic E-state index is 11.6. The van der Waals surface area contributed by atoms with E-state index in [2.05, 4.69) is 15.5 Å². The molecule has 0 atom stereocenters. The molecule has 0 aliphatic carbocycles. The van der Waals surface area contributed by atoms with Crippen LogP contribution in [0, 0.1) is 0 Å². The maximum Gasteiger partial charge on any atom is 0.407 e. The highest BCUT2D eigenvalue weighted by atomic mass is 16.6. The van der Waals surface area contributed by atoms with E-state index >= 15 is 0 Å². The van der Waals surface area contributed by atoms with Crippen molar-refractivity contribution in [2.45, 2.75) is 32.8 Å². The van der Waals surface area contributed by atoms with Crippen LogP contribution in [-0.4, -0.2) is 68.4 Å². The maximum absolute atomic E-state index is 11.6. The first kappa shape index (κ1) is 17.7. The zero-order valence-corrected chi connectivity index (χ0v) is 13.2. The van der Waals surface area contributed by atoms with Crippen molar-refractivity contribution in [3.8, 4) is 0 Å². The second kappa shape index (κ2) is 8.84. The second-order valence-corrected chi connectivity index (χ2v) is 5.98. The molecule has 0 aromatic heterocycles. The fourth-order valence-electron chi connectivity index (χ4n) is 1.86. The number of ether oxygens (including phenoxy) is 2. The molecular formula is C14H27N3O4. The van der Waals surface area contributed by atoms with Gasteiger partial charge in [0.1, 0.15) is 5.60 Å². The Morgan fingerprint density at radius 3 is 2.43 bits per heavy atom. The smallest absolute Gasteiger partial charge is 0.407 e. The molecule has 1 saturated heterocycles. The number of nitrogens with one attached hydrogen (secondary N) is 2. The van der Waals surface area contributed by atoms with E-state index in [9.17, 15) is 9.59 Å². The van der Waals surface area contributed by atoms with E-state index < -0.39 is 11.7 Å². The van der Waals surface area contributed by atoms with Gasteiger partial charge in [0.2, 0.25) is 5.91 Å². The Labute approximate surface area is 126 Å². The van der Waals surface area contributed by atoms with Gasteiger partial charge in [0.05, 0.1) is 13.2 Å². The summed E-state index contributed by atoms with van der Waals surface area (Å²) in [7, 11) is 0. The first-order valence-corrected chi connectivity index (χ1v) is 7.40. The highest BCUT2D eigenvalue weighted by Gasteiger charge is 2.16. The number of amides is 2. The molecule has 0 bridgehead atoms. The van der Waals surface area contributed by atoms with E-state index in [1.54, 1.807) is 20.8 Å². The van der Waals surface area contributed by atoms with Crippen LogP contribution < -0.4 is 10.6 Å². The Morgan fingerprint density at radius 2 is 1.81 bits per heavy atom. The van der Waals surface area contributed by atoms with E-state index in [-0.39, 0.29) is 18.9 Å². The van der Waals surface area contributed by atoms with Gasteiger partial charge in [0.15, 0.2) is 0 Å². The highest BCUT2D eigenvalue weighted by molar-refractivity contribution is 5.77. The van der Waals surface area contributed by atoms with Crippen molar-refractivity contribution in [1.29, 1.82) is 0 Å². The number of nitrogens with zero attached hydrogens (tertiary/aromatic N) is 1. The fourth-order valence-corrected chi connectivity index (χ4v) is 1.86. The van der Waals surface area contributed by atoms with Crippen LogP contribution in [0.4, 0.5) is 4.79 Å². The quantitative estimate of drug-likeness (QED) is 0.740. The summed E-state index contributed by atoms with van der Waals surface area (Å²) >= 11 is 0. The van der Waals surface area contributed by atoms with Crippen molar-refractivity contribution in [2.75, 3.05) is 45.9 Å². The van der Waals surface area contributed by atoms with Crippen LogP contribution in [0.25, 0.3) is 0 Å². The van der Waals surface area contributed by atoms with Gasteiger partial charge in [-0.05, 0) is 20.8 Å². The van der Waals surface area contributed by atoms with Crippen molar-refractivity contribution in [2.24, 2.45) is 0 Å². The summed E-state index contributed by atoms with van der Waals surface area (Å²) in [5.41, 5.74) is -0.523.